The van der Waals surface area contributed by atoms with Gasteiger partial charge in [0.15, 0.2) is 6.10 Å². The fraction of sp³-hybridized carbons (Fsp3) is 0.951. The summed E-state index contributed by atoms with van der Waals surface area (Å²) >= 11 is 0. The molecule has 398 valence electrons. The Bertz CT molecular complexity index is 998. The van der Waals surface area contributed by atoms with Gasteiger partial charge < -0.3 is 14.2 Å². The highest BCUT2D eigenvalue weighted by Crippen LogP contribution is 2.18. The monoisotopic (exact) mass is 947 g/mol. The minimum Gasteiger partial charge on any atom is -0.462 e. The molecule has 0 saturated heterocycles. The lowest BCUT2D eigenvalue weighted by atomic mass is 10.0. The van der Waals surface area contributed by atoms with Crippen LogP contribution in [-0.4, -0.2) is 37.2 Å². The second-order valence-corrected chi connectivity index (χ2v) is 21.0. The molecule has 0 heterocycles. The first-order valence-corrected chi connectivity index (χ1v) is 30.5. The normalized spacial score (nSPS) is 11.9. The highest BCUT2D eigenvalue weighted by molar-refractivity contribution is 5.71. The van der Waals surface area contributed by atoms with Crippen molar-refractivity contribution >= 4 is 17.9 Å². The number of rotatable bonds is 57. The van der Waals surface area contributed by atoms with Crippen LogP contribution in [0.3, 0.4) is 0 Å². The topological polar surface area (TPSA) is 78.9 Å². The maximum Gasteiger partial charge on any atom is 0.306 e. The van der Waals surface area contributed by atoms with Crippen LogP contribution in [0, 0.1) is 0 Å². The van der Waals surface area contributed by atoms with E-state index in [0.717, 1.165) is 57.8 Å². The van der Waals surface area contributed by atoms with E-state index in [1.54, 1.807) is 0 Å². The van der Waals surface area contributed by atoms with Crippen LogP contribution >= 0.6 is 0 Å². The first-order chi connectivity index (χ1) is 33.0. The lowest BCUT2D eigenvalue weighted by Crippen LogP contribution is -2.30. The fourth-order valence-corrected chi connectivity index (χ4v) is 9.51. The van der Waals surface area contributed by atoms with Crippen molar-refractivity contribution in [1.82, 2.24) is 0 Å². The van der Waals surface area contributed by atoms with Crippen LogP contribution in [0.4, 0.5) is 0 Å². The molecule has 0 bridgehead atoms. The summed E-state index contributed by atoms with van der Waals surface area (Å²) in [7, 11) is 0. The molecule has 0 spiro atoms. The lowest BCUT2D eigenvalue weighted by Gasteiger charge is -2.18. The number of unbranched alkanes of at least 4 members (excludes halogenated alkanes) is 46. The van der Waals surface area contributed by atoms with E-state index in [2.05, 4.69) is 20.8 Å². The first kappa shape index (κ1) is 65.4. The van der Waals surface area contributed by atoms with Crippen molar-refractivity contribution in [3.63, 3.8) is 0 Å². The van der Waals surface area contributed by atoms with Gasteiger partial charge in [-0.25, -0.2) is 0 Å². The summed E-state index contributed by atoms with van der Waals surface area (Å²) in [6.07, 6.45) is 63.8. The standard InChI is InChI=1S/C61H118O6/c1-4-7-10-13-16-19-22-25-28-30-31-34-37-40-43-46-49-52-55-61(64)67-58(56-65-59(62)53-50-47-44-41-38-35-32-27-24-21-18-15-12-9-6-3)57-66-60(63)54-51-48-45-42-39-36-33-29-26-23-20-17-14-11-8-5-2/h58H,4-57H2,1-3H3/t58-/m0/s1. The molecule has 0 aliphatic carbocycles. The van der Waals surface area contributed by atoms with Gasteiger partial charge in [-0.2, -0.15) is 0 Å². The van der Waals surface area contributed by atoms with Crippen LogP contribution in [0.5, 0.6) is 0 Å². The third-order valence-corrected chi connectivity index (χ3v) is 14.1. The van der Waals surface area contributed by atoms with Crippen molar-refractivity contribution in [2.24, 2.45) is 0 Å². The molecule has 6 heteroatoms. The van der Waals surface area contributed by atoms with Gasteiger partial charge in [-0.05, 0) is 19.3 Å². The van der Waals surface area contributed by atoms with Crippen LogP contribution in [0.2, 0.25) is 0 Å². The van der Waals surface area contributed by atoms with Gasteiger partial charge in [0.25, 0.3) is 0 Å². The van der Waals surface area contributed by atoms with E-state index in [1.165, 1.54) is 257 Å². The second kappa shape index (κ2) is 57.0. The Labute approximate surface area is 418 Å². The zero-order valence-electron chi connectivity index (χ0n) is 45.7. The molecule has 0 rings (SSSR count). The molecule has 1 atom stereocenters. The summed E-state index contributed by atoms with van der Waals surface area (Å²) < 4.78 is 16.9. The molecule has 0 aliphatic rings. The van der Waals surface area contributed by atoms with Gasteiger partial charge in [0, 0.05) is 19.3 Å². The minimum absolute atomic E-state index is 0.0607. The summed E-state index contributed by atoms with van der Waals surface area (Å²) in [5.41, 5.74) is 0. The van der Waals surface area contributed by atoms with Crippen molar-refractivity contribution in [1.29, 1.82) is 0 Å². The van der Waals surface area contributed by atoms with E-state index in [9.17, 15) is 14.4 Å². The van der Waals surface area contributed by atoms with E-state index < -0.39 is 6.10 Å². The Balaban J connectivity index is 4.28. The second-order valence-electron chi connectivity index (χ2n) is 21.0. The fourth-order valence-electron chi connectivity index (χ4n) is 9.51. The van der Waals surface area contributed by atoms with E-state index in [0.29, 0.717) is 19.3 Å². The van der Waals surface area contributed by atoms with Gasteiger partial charge in [-0.15, -0.1) is 0 Å². The molecule has 0 radical (unpaired) electrons. The molecule has 6 nitrogen and oxygen atoms in total. The van der Waals surface area contributed by atoms with Crippen molar-refractivity contribution in [3.05, 3.63) is 0 Å². The number of carbonyl (C=O) groups is 3. The highest BCUT2D eigenvalue weighted by atomic mass is 16.6. The van der Waals surface area contributed by atoms with Crippen LogP contribution in [-0.2, 0) is 28.6 Å². The Kier molecular flexibility index (Phi) is 55.6. The van der Waals surface area contributed by atoms with Gasteiger partial charge in [0.2, 0.25) is 0 Å². The predicted octanol–water partition coefficient (Wildman–Crippen LogP) is 20.3. The summed E-state index contributed by atoms with van der Waals surface area (Å²) in [6.45, 7) is 6.72. The number of carbonyl (C=O) groups excluding carboxylic acids is 3. The molecule has 0 aliphatic heterocycles. The molecule has 0 N–H and O–H groups in total. The Morgan fingerprint density at radius 1 is 0.239 bits per heavy atom. The predicted molar refractivity (Wildman–Crippen MR) is 289 cm³/mol. The SMILES string of the molecule is CCCCCCCCCCCCCCCCCCCCC(=O)O[C@@H](COC(=O)CCCCCCCCCCCCCCCCC)COC(=O)CCCCCCCCCCCCCCCCCC. The van der Waals surface area contributed by atoms with Crippen LogP contribution in [0.25, 0.3) is 0 Å². The summed E-state index contributed by atoms with van der Waals surface area (Å²) in [5, 5.41) is 0. The minimum atomic E-state index is -0.761. The van der Waals surface area contributed by atoms with E-state index in [1.807, 2.05) is 0 Å². The van der Waals surface area contributed by atoms with E-state index in [4.69, 9.17) is 14.2 Å². The first-order valence-electron chi connectivity index (χ1n) is 30.5. The molecule has 0 unspecified atom stereocenters. The molecule has 0 aromatic heterocycles. The van der Waals surface area contributed by atoms with Crippen molar-refractivity contribution in [3.8, 4) is 0 Å². The number of ether oxygens (including phenoxy) is 3. The molecule has 0 saturated carbocycles. The maximum absolute atomic E-state index is 12.9. The molecular weight excluding hydrogens is 829 g/mol. The smallest absolute Gasteiger partial charge is 0.306 e. The Morgan fingerprint density at radius 3 is 0.597 bits per heavy atom. The molecule has 0 fully saturated rings. The molecule has 67 heavy (non-hydrogen) atoms. The van der Waals surface area contributed by atoms with E-state index in [-0.39, 0.29) is 31.1 Å². The van der Waals surface area contributed by atoms with Crippen LogP contribution in [0.1, 0.15) is 355 Å². The molecule has 0 aromatic carbocycles. The van der Waals surface area contributed by atoms with E-state index >= 15 is 0 Å². The number of hydrogen-bond acceptors (Lipinski definition) is 6. The number of hydrogen-bond donors (Lipinski definition) is 0. The van der Waals surface area contributed by atoms with Crippen molar-refractivity contribution < 1.29 is 28.6 Å². The van der Waals surface area contributed by atoms with Gasteiger partial charge in [0.05, 0.1) is 0 Å². The largest absolute Gasteiger partial charge is 0.462 e. The Hall–Kier alpha value is -1.59. The third-order valence-electron chi connectivity index (χ3n) is 14.1. The number of esters is 3. The quantitative estimate of drug-likeness (QED) is 0.0343. The zero-order chi connectivity index (χ0) is 48.6. The highest BCUT2D eigenvalue weighted by Gasteiger charge is 2.19. The lowest BCUT2D eigenvalue weighted by molar-refractivity contribution is -0.167. The molecule has 0 amide bonds. The van der Waals surface area contributed by atoms with Crippen molar-refractivity contribution in [2.45, 2.75) is 361 Å². The third kappa shape index (κ3) is 55.2. The van der Waals surface area contributed by atoms with Gasteiger partial charge in [-0.1, -0.05) is 316 Å². The van der Waals surface area contributed by atoms with Gasteiger partial charge in [0.1, 0.15) is 13.2 Å². The van der Waals surface area contributed by atoms with Crippen LogP contribution in [0.15, 0.2) is 0 Å². The Morgan fingerprint density at radius 2 is 0.403 bits per heavy atom. The van der Waals surface area contributed by atoms with Gasteiger partial charge >= 0.3 is 17.9 Å². The van der Waals surface area contributed by atoms with Crippen molar-refractivity contribution in [2.75, 3.05) is 13.2 Å². The average Bonchev–Trinajstić information content (AvgIpc) is 3.33. The van der Waals surface area contributed by atoms with Crippen LogP contribution < -0.4 is 0 Å². The average molecular weight is 948 g/mol. The molecular formula is C61H118O6. The summed E-state index contributed by atoms with van der Waals surface area (Å²) in [5.74, 6) is -0.827. The van der Waals surface area contributed by atoms with Gasteiger partial charge in [-0.3, -0.25) is 14.4 Å². The maximum atomic E-state index is 12.9. The summed E-state index contributed by atoms with van der Waals surface area (Å²) in [6, 6.07) is 0. The zero-order valence-corrected chi connectivity index (χ0v) is 45.7. The summed E-state index contributed by atoms with van der Waals surface area (Å²) in [4.78, 5) is 38.2. The molecule has 0 aromatic rings.